The number of benzene rings is 2. The average molecular weight is 313 g/mol. The van der Waals surface area contributed by atoms with Gasteiger partial charge in [0.05, 0.1) is 5.25 Å². The number of thioether (sulfide) groups is 1. The Bertz CT molecular complexity index is 662. The van der Waals surface area contributed by atoms with E-state index < -0.39 is 0 Å². The minimum atomic E-state index is -0.158. The molecule has 2 rings (SSSR count). The second-order valence-corrected chi connectivity index (χ2v) is 6.61. The van der Waals surface area contributed by atoms with Gasteiger partial charge in [-0.1, -0.05) is 29.8 Å². The fourth-order valence-electron chi connectivity index (χ4n) is 2.03. The second-order valence-electron chi connectivity index (χ2n) is 5.20. The van der Waals surface area contributed by atoms with Gasteiger partial charge in [0, 0.05) is 23.1 Å². The Kier molecular flexibility index (Phi) is 5.39. The molecule has 0 unspecified atom stereocenters. The van der Waals surface area contributed by atoms with Crippen LogP contribution in [0.25, 0.3) is 0 Å². The molecule has 22 heavy (non-hydrogen) atoms. The molecular weight excluding hydrogens is 294 g/mol. The van der Waals surface area contributed by atoms with Crippen molar-refractivity contribution in [2.24, 2.45) is 0 Å². The Balaban J connectivity index is 2.01. The molecule has 2 aromatic carbocycles. The zero-order valence-electron chi connectivity index (χ0n) is 12.9. The van der Waals surface area contributed by atoms with Gasteiger partial charge in [-0.15, -0.1) is 11.8 Å². The molecule has 0 aliphatic heterocycles. The van der Waals surface area contributed by atoms with Gasteiger partial charge in [0.1, 0.15) is 0 Å². The topological polar surface area (TPSA) is 46.2 Å². The molecule has 0 aliphatic carbocycles. The van der Waals surface area contributed by atoms with Gasteiger partial charge >= 0.3 is 0 Å². The molecule has 0 aliphatic rings. The summed E-state index contributed by atoms with van der Waals surface area (Å²) in [5.74, 6) is 0.0271. The van der Waals surface area contributed by atoms with Gasteiger partial charge in [0.25, 0.3) is 0 Å². The highest BCUT2D eigenvalue weighted by atomic mass is 32.2. The van der Waals surface area contributed by atoms with Crippen LogP contribution in [0.5, 0.6) is 0 Å². The summed E-state index contributed by atoms with van der Waals surface area (Å²) in [4.78, 5) is 24.4. The SMILES string of the molecule is CC(=O)Nc1ccc(S[C@H](C)C(=O)c2ccc(C)cc2)cc1. The van der Waals surface area contributed by atoms with Crippen molar-refractivity contribution in [3.63, 3.8) is 0 Å². The number of ketones is 1. The summed E-state index contributed by atoms with van der Waals surface area (Å²) in [6, 6.07) is 15.1. The highest BCUT2D eigenvalue weighted by Gasteiger charge is 2.16. The van der Waals surface area contributed by atoms with Crippen LogP contribution in [0.2, 0.25) is 0 Å². The molecule has 0 saturated heterocycles. The molecule has 0 saturated carbocycles. The molecule has 114 valence electrons. The standard InChI is InChI=1S/C18H19NO2S/c1-12-4-6-15(7-5-12)18(21)13(2)22-17-10-8-16(9-11-17)19-14(3)20/h4-11,13H,1-3H3,(H,19,20)/t13-/m1/s1. The van der Waals surface area contributed by atoms with E-state index in [1.165, 1.54) is 18.7 Å². The summed E-state index contributed by atoms with van der Waals surface area (Å²) < 4.78 is 0. The number of rotatable bonds is 5. The van der Waals surface area contributed by atoms with Crippen molar-refractivity contribution in [1.82, 2.24) is 0 Å². The van der Waals surface area contributed by atoms with Crippen molar-refractivity contribution in [2.45, 2.75) is 30.9 Å². The fourth-order valence-corrected chi connectivity index (χ4v) is 2.97. The van der Waals surface area contributed by atoms with E-state index in [4.69, 9.17) is 0 Å². The minimum Gasteiger partial charge on any atom is -0.326 e. The van der Waals surface area contributed by atoms with E-state index in [0.29, 0.717) is 0 Å². The number of carbonyl (C=O) groups excluding carboxylic acids is 2. The molecule has 0 fully saturated rings. The number of anilines is 1. The van der Waals surface area contributed by atoms with Gasteiger partial charge in [0.15, 0.2) is 5.78 Å². The van der Waals surface area contributed by atoms with E-state index in [2.05, 4.69) is 5.32 Å². The van der Waals surface area contributed by atoms with Crippen molar-refractivity contribution in [3.05, 3.63) is 59.7 Å². The predicted molar refractivity (Wildman–Crippen MR) is 91.6 cm³/mol. The molecular formula is C18H19NO2S. The van der Waals surface area contributed by atoms with Crippen LogP contribution in [0.1, 0.15) is 29.8 Å². The number of amides is 1. The first-order valence-electron chi connectivity index (χ1n) is 7.11. The highest BCUT2D eigenvalue weighted by molar-refractivity contribution is 8.00. The van der Waals surface area contributed by atoms with Gasteiger partial charge in [-0.2, -0.15) is 0 Å². The van der Waals surface area contributed by atoms with Crippen LogP contribution in [-0.4, -0.2) is 16.9 Å². The van der Waals surface area contributed by atoms with Crippen LogP contribution in [0, 0.1) is 6.92 Å². The van der Waals surface area contributed by atoms with Crippen LogP contribution < -0.4 is 5.32 Å². The molecule has 0 spiro atoms. The fraction of sp³-hybridized carbons (Fsp3) is 0.222. The minimum absolute atomic E-state index is 0.0941. The first kappa shape index (κ1) is 16.3. The van der Waals surface area contributed by atoms with Gasteiger partial charge in [-0.3, -0.25) is 9.59 Å². The number of Topliss-reactive ketones (excluding diaryl/α,β-unsaturated/α-hetero) is 1. The largest absolute Gasteiger partial charge is 0.326 e. The quantitative estimate of drug-likeness (QED) is 0.660. The lowest BCUT2D eigenvalue weighted by Gasteiger charge is -2.11. The normalized spacial score (nSPS) is 11.8. The summed E-state index contributed by atoms with van der Waals surface area (Å²) in [7, 11) is 0. The van der Waals surface area contributed by atoms with Crippen molar-refractivity contribution < 1.29 is 9.59 Å². The average Bonchev–Trinajstić information content (AvgIpc) is 2.49. The first-order chi connectivity index (χ1) is 10.5. The van der Waals surface area contributed by atoms with Crippen molar-refractivity contribution in [1.29, 1.82) is 0 Å². The monoisotopic (exact) mass is 313 g/mol. The third-order valence-electron chi connectivity index (χ3n) is 3.19. The van der Waals surface area contributed by atoms with E-state index in [0.717, 1.165) is 21.7 Å². The highest BCUT2D eigenvalue weighted by Crippen LogP contribution is 2.27. The molecule has 0 bridgehead atoms. The molecule has 1 N–H and O–H groups in total. The maximum absolute atomic E-state index is 12.4. The van der Waals surface area contributed by atoms with Crippen LogP contribution >= 0.6 is 11.8 Å². The summed E-state index contributed by atoms with van der Waals surface area (Å²) >= 11 is 1.52. The maximum Gasteiger partial charge on any atom is 0.221 e. The smallest absolute Gasteiger partial charge is 0.221 e. The van der Waals surface area contributed by atoms with E-state index >= 15 is 0 Å². The first-order valence-corrected chi connectivity index (χ1v) is 7.99. The maximum atomic E-state index is 12.4. The van der Waals surface area contributed by atoms with E-state index in [9.17, 15) is 9.59 Å². The summed E-state index contributed by atoms with van der Waals surface area (Å²) in [5, 5.41) is 2.57. The zero-order chi connectivity index (χ0) is 16.1. The summed E-state index contributed by atoms with van der Waals surface area (Å²) in [6.45, 7) is 5.39. The van der Waals surface area contributed by atoms with Gasteiger partial charge in [-0.25, -0.2) is 0 Å². The lowest BCUT2D eigenvalue weighted by molar-refractivity contribution is -0.114. The number of nitrogens with one attached hydrogen (secondary N) is 1. The van der Waals surface area contributed by atoms with Crippen molar-refractivity contribution in [2.75, 3.05) is 5.32 Å². The molecule has 0 heterocycles. The van der Waals surface area contributed by atoms with E-state index in [1.54, 1.807) is 0 Å². The lowest BCUT2D eigenvalue weighted by Crippen LogP contribution is -2.13. The van der Waals surface area contributed by atoms with Crippen molar-refractivity contribution in [3.8, 4) is 0 Å². The van der Waals surface area contributed by atoms with Crippen molar-refractivity contribution >= 4 is 29.1 Å². The summed E-state index contributed by atoms with van der Waals surface area (Å²) in [5.41, 5.74) is 2.64. The predicted octanol–water partition coefficient (Wildman–Crippen LogP) is 4.32. The molecule has 0 radical (unpaired) electrons. The second kappa shape index (κ2) is 7.27. The van der Waals surface area contributed by atoms with Crippen LogP contribution in [0.15, 0.2) is 53.4 Å². The third-order valence-corrected chi connectivity index (χ3v) is 4.30. The van der Waals surface area contributed by atoms with Gasteiger partial charge in [-0.05, 0) is 38.1 Å². The molecule has 1 atom stereocenters. The van der Waals surface area contributed by atoms with Gasteiger partial charge < -0.3 is 5.32 Å². The van der Waals surface area contributed by atoms with Crippen LogP contribution in [-0.2, 0) is 4.79 Å². The zero-order valence-corrected chi connectivity index (χ0v) is 13.7. The van der Waals surface area contributed by atoms with E-state index in [1.807, 2.05) is 62.4 Å². The molecule has 4 heteroatoms. The Morgan fingerprint density at radius 1 is 1.00 bits per heavy atom. The Hall–Kier alpha value is -2.07. The Morgan fingerprint density at radius 3 is 2.14 bits per heavy atom. The third kappa shape index (κ3) is 4.46. The molecule has 2 aromatic rings. The van der Waals surface area contributed by atoms with E-state index in [-0.39, 0.29) is 16.9 Å². The molecule has 3 nitrogen and oxygen atoms in total. The summed E-state index contributed by atoms with van der Waals surface area (Å²) in [6.07, 6.45) is 0. The number of carbonyl (C=O) groups is 2. The Labute approximate surface area is 135 Å². The molecule has 1 amide bonds. The lowest BCUT2D eigenvalue weighted by atomic mass is 10.1. The Morgan fingerprint density at radius 2 is 1.59 bits per heavy atom. The van der Waals surface area contributed by atoms with Crippen LogP contribution in [0.4, 0.5) is 5.69 Å². The van der Waals surface area contributed by atoms with Crippen LogP contribution in [0.3, 0.4) is 0 Å². The van der Waals surface area contributed by atoms with Gasteiger partial charge in [0.2, 0.25) is 5.91 Å². The number of hydrogen-bond acceptors (Lipinski definition) is 3. The number of hydrogen-bond donors (Lipinski definition) is 1. The number of aryl methyl sites for hydroxylation is 1. The molecule has 0 aromatic heterocycles.